The number of para-hydroxylation sites is 1. The average Bonchev–Trinajstić information content (AvgIpc) is 3.34. The summed E-state index contributed by atoms with van der Waals surface area (Å²) in [7, 11) is 0. The molecule has 0 fully saturated rings. The topological polar surface area (TPSA) is 72.7 Å². The molecule has 0 aliphatic rings. The molecule has 0 saturated heterocycles. The number of hydrogen-bond donors (Lipinski definition) is 1. The molecule has 1 N–H and O–H groups in total. The molecule has 0 radical (unpaired) electrons. The number of rotatable bonds is 6. The zero-order chi connectivity index (χ0) is 17.8. The van der Waals surface area contributed by atoms with Crippen LogP contribution in [0.4, 0.5) is 0 Å². The summed E-state index contributed by atoms with van der Waals surface area (Å²) in [6.07, 6.45) is 8.10. The summed E-state index contributed by atoms with van der Waals surface area (Å²) in [4.78, 5) is 25.0. The van der Waals surface area contributed by atoms with Crippen molar-refractivity contribution in [1.29, 1.82) is 0 Å². The number of nitrogens with one attached hydrogen (secondary N) is 1. The maximum atomic E-state index is 12.1. The van der Waals surface area contributed by atoms with Crippen molar-refractivity contribution in [3.05, 3.63) is 71.9 Å². The maximum Gasteiger partial charge on any atom is 0.220 e. The number of aromatic nitrogens is 4. The Morgan fingerprint density at radius 3 is 2.88 bits per heavy atom. The zero-order valence-corrected chi connectivity index (χ0v) is 14.8. The van der Waals surface area contributed by atoms with Crippen LogP contribution in [0.3, 0.4) is 0 Å². The molecule has 3 aromatic heterocycles. The minimum atomic E-state index is 0.0166. The molecule has 26 heavy (non-hydrogen) atoms. The van der Waals surface area contributed by atoms with Crippen LogP contribution in [0, 0.1) is 0 Å². The Morgan fingerprint density at radius 2 is 2.12 bits per heavy atom. The fourth-order valence-corrected chi connectivity index (χ4v) is 3.57. The Labute approximate surface area is 154 Å². The lowest BCUT2D eigenvalue weighted by Crippen LogP contribution is -2.23. The van der Waals surface area contributed by atoms with Gasteiger partial charge in [-0.1, -0.05) is 18.2 Å². The van der Waals surface area contributed by atoms with Crippen molar-refractivity contribution in [2.75, 3.05) is 0 Å². The van der Waals surface area contributed by atoms with E-state index in [9.17, 15) is 4.79 Å². The number of thiazole rings is 1. The zero-order valence-electron chi connectivity index (χ0n) is 14.0. The van der Waals surface area contributed by atoms with Crippen molar-refractivity contribution < 1.29 is 4.79 Å². The monoisotopic (exact) mass is 363 g/mol. The van der Waals surface area contributed by atoms with E-state index < -0.39 is 0 Å². The van der Waals surface area contributed by atoms with Crippen LogP contribution in [-0.4, -0.2) is 25.4 Å². The Hall–Kier alpha value is -3.06. The smallest absolute Gasteiger partial charge is 0.220 e. The molecule has 1 aromatic carbocycles. The Morgan fingerprint density at radius 1 is 1.19 bits per heavy atom. The first-order valence-electron chi connectivity index (χ1n) is 8.32. The maximum absolute atomic E-state index is 12.1. The fraction of sp³-hybridized carbons (Fsp3) is 0.158. The van der Waals surface area contributed by atoms with Crippen molar-refractivity contribution >= 4 is 27.5 Å². The van der Waals surface area contributed by atoms with Gasteiger partial charge in [-0.25, -0.2) is 15.0 Å². The first-order chi connectivity index (χ1) is 12.8. The summed E-state index contributed by atoms with van der Waals surface area (Å²) in [6.45, 7) is 0.468. The molecule has 4 aromatic rings. The van der Waals surface area contributed by atoms with Crippen LogP contribution in [0.25, 0.3) is 16.0 Å². The second-order valence-corrected chi connectivity index (χ2v) is 6.96. The van der Waals surface area contributed by atoms with Crippen molar-refractivity contribution in [2.45, 2.75) is 19.4 Å². The predicted molar refractivity (Wildman–Crippen MR) is 101 cm³/mol. The molecule has 130 valence electrons. The number of fused-ring (bicyclic) bond motifs is 1. The molecule has 0 aliphatic carbocycles. The number of carbonyl (C=O) groups excluding carboxylic acids is 1. The highest BCUT2D eigenvalue weighted by Crippen LogP contribution is 2.22. The lowest BCUT2D eigenvalue weighted by molar-refractivity contribution is -0.121. The summed E-state index contributed by atoms with van der Waals surface area (Å²) >= 11 is 1.65. The van der Waals surface area contributed by atoms with Gasteiger partial charge in [-0.05, 0) is 23.8 Å². The number of aryl methyl sites for hydroxylation is 1. The number of amides is 1. The van der Waals surface area contributed by atoms with Crippen molar-refractivity contribution in [1.82, 2.24) is 24.8 Å². The van der Waals surface area contributed by atoms with Crippen LogP contribution in [0.5, 0.6) is 0 Å². The first kappa shape index (κ1) is 16.4. The molecule has 6 nitrogen and oxygen atoms in total. The SMILES string of the molecule is O=C(CCc1nc2ccccc2s1)NCc1ccc(-n2ccnc2)nc1. The van der Waals surface area contributed by atoms with Gasteiger partial charge in [-0.2, -0.15) is 0 Å². The standard InChI is InChI=1S/C19H17N5OS/c25-18(7-8-19-23-15-3-1-2-4-16(15)26-19)22-12-14-5-6-17(21-11-14)24-10-9-20-13-24/h1-6,9-11,13H,7-8,12H2,(H,22,25). The van der Waals surface area contributed by atoms with Crippen LogP contribution < -0.4 is 5.32 Å². The second-order valence-electron chi connectivity index (χ2n) is 5.85. The van der Waals surface area contributed by atoms with Gasteiger partial charge in [0.1, 0.15) is 12.1 Å². The summed E-state index contributed by atoms with van der Waals surface area (Å²) in [5.74, 6) is 0.816. The van der Waals surface area contributed by atoms with E-state index in [1.807, 2.05) is 41.1 Å². The Balaban J connectivity index is 1.28. The largest absolute Gasteiger partial charge is 0.352 e. The highest BCUT2D eigenvalue weighted by Gasteiger charge is 2.07. The fourth-order valence-electron chi connectivity index (χ4n) is 2.60. The molecular weight excluding hydrogens is 346 g/mol. The van der Waals surface area contributed by atoms with Gasteiger partial charge in [-0.3, -0.25) is 9.36 Å². The van der Waals surface area contributed by atoms with Crippen LogP contribution >= 0.6 is 11.3 Å². The second kappa shape index (κ2) is 7.45. The summed E-state index contributed by atoms with van der Waals surface area (Å²) < 4.78 is 2.99. The number of pyridine rings is 1. The van der Waals surface area contributed by atoms with Crippen LogP contribution in [0.2, 0.25) is 0 Å². The van der Waals surface area contributed by atoms with E-state index in [-0.39, 0.29) is 5.91 Å². The van der Waals surface area contributed by atoms with Gasteiger partial charge in [0.2, 0.25) is 5.91 Å². The predicted octanol–water partition coefficient (Wildman–Crippen LogP) is 3.13. The number of hydrogen-bond acceptors (Lipinski definition) is 5. The minimum absolute atomic E-state index is 0.0166. The van der Waals surface area contributed by atoms with Gasteiger partial charge >= 0.3 is 0 Å². The third-order valence-corrected chi connectivity index (χ3v) is 5.07. The number of imidazole rings is 1. The van der Waals surface area contributed by atoms with E-state index in [1.165, 1.54) is 0 Å². The number of carbonyl (C=O) groups is 1. The van der Waals surface area contributed by atoms with Gasteiger partial charge < -0.3 is 5.32 Å². The molecule has 7 heteroatoms. The van der Waals surface area contributed by atoms with Gasteiger partial charge in [0.15, 0.2) is 0 Å². The van der Waals surface area contributed by atoms with E-state index >= 15 is 0 Å². The molecule has 0 saturated carbocycles. The van der Waals surface area contributed by atoms with Crippen molar-refractivity contribution in [3.63, 3.8) is 0 Å². The molecule has 0 spiro atoms. The van der Waals surface area contributed by atoms with Gasteiger partial charge in [0.05, 0.1) is 15.2 Å². The molecule has 0 unspecified atom stereocenters. The third-order valence-electron chi connectivity index (χ3n) is 3.97. The highest BCUT2D eigenvalue weighted by molar-refractivity contribution is 7.18. The Bertz CT molecular complexity index is 975. The summed E-state index contributed by atoms with van der Waals surface area (Å²) in [5.41, 5.74) is 1.96. The molecule has 1 amide bonds. The molecule has 0 bridgehead atoms. The molecular formula is C19H17N5OS. The van der Waals surface area contributed by atoms with E-state index in [1.54, 1.807) is 30.1 Å². The lowest BCUT2D eigenvalue weighted by Gasteiger charge is -2.06. The molecule has 4 rings (SSSR count). The van der Waals surface area contributed by atoms with E-state index in [4.69, 9.17) is 0 Å². The van der Waals surface area contributed by atoms with Crippen LogP contribution in [-0.2, 0) is 17.8 Å². The quantitative estimate of drug-likeness (QED) is 0.571. The van der Waals surface area contributed by atoms with Gasteiger partial charge in [0.25, 0.3) is 0 Å². The molecule has 0 aliphatic heterocycles. The number of nitrogens with zero attached hydrogens (tertiary/aromatic N) is 4. The average molecular weight is 363 g/mol. The van der Waals surface area contributed by atoms with Gasteiger partial charge in [0, 0.05) is 38.0 Å². The minimum Gasteiger partial charge on any atom is -0.352 e. The van der Waals surface area contributed by atoms with E-state index in [0.29, 0.717) is 19.4 Å². The van der Waals surface area contributed by atoms with E-state index in [0.717, 1.165) is 26.6 Å². The molecule has 3 heterocycles. The summed E-state index contributed by atoms with van der Waals surface area (Å²) in [6, 6.07) is 11.9. The summed E-state index contributed by atoms with van der Waals surface area (Å²) in [5, 5.41) is 3.93. The van der Waals surface area contributed by atoms with Crippen LogP contribution in [0.1, 0.15) is 17.0 Å². The normalized spacial score (nSPS) is 10.9. The van der Waals surface area contributed by atoms with Crippen molar-refractivity contribution in [2.24, 2.45) is 0 Å². The molecule has 0 atom stereocenters. The number of benzene rings is 1. The van der Waals surface area contributed by atoms with Crippen molar-refractivity contribution in [3.8, 4) is 5.82 Å². The van der Waals surface area contributed by atoms with E-state index in [2.05, 4.69) is 26.3 Å². The lowest BCUT2D eigenvalue weighted by atomic mass is 10.2. The van der Waals surface area contributed by atoms with Gasteiger partial charge in [-0.15, -0.1) is 11.3 Å². The van der Waals surface area contributed by atoms with Crippen LogP contribution in [0.15, 0.2) is 61.3 Å². The highest BCUT2D eigenvalue weighted by atomic mass is 32.1. The first-order valence-corrected chi connectivity index (χ1v) is 9.14. The Kier molecular flexibility index (Phi) is 4.70. The third kappa shape index (κ3) is 3.78.